The minimum absolute atomic E-state index is 0.208. The normalized spacial score (nSPS) is 10.4. The minimum atomic E-state index is -0.682. The first-order valence-corrected chi connectivity index (χ1v) is 9.52. The van der Waals surface area contributed by atoms with Crippen LogP contribution < -0.4 is 15.9 Å². The number of carbonyl (C=O) groups excluding carboxylic acids is 1. The van der Waals surface area contributed by atoms with E-state index in [1.165, 1.54) is 19.2 Å². The first kappa shape index (κ1) is 22.2. The summed E-state index contributed by atoms with van der Waals surface area (Å²) in [6.45, 7) is 2.06. The van der Waals surface area contributed by atoms with E-state index in [0.717, 1.165) is 19.3 Å². The Bertz CT molecular complexity index is 1110. The summed E-state index contributed by atoms with van der Waals surface area (Å²) < 4.78 is 5.24. The second kappa shape index (κ2) is 9.93. The fraction of sp³-hybridized carbons (Fsp3) is 0.286. The number of nitrogens with two attached hydrogens (primary N) is 1. The number of carbonyl (C=O) groups is 2. The van der Waals surface area contributed by atoms with Crippen molar-refractivity contribution < 1.29 is 19.4 Å². The van der Waals surface area contributed by atoms with Gasteiger partial charge in [-0.25, -0.2) is 0 Å². The molecule has 0 saturated heterocycles. The van der Waals surface area contributed by atoms with Crippen molar-refractivity contribution >= 4 is 45.3 Å². The number of methoxy groups -OCH3 is 1. The number of aromatic nitrogens is 1. The van der Waals surface area contributed by atoms with Gasteiger partial charge in [-0.15, -0.1) is 0 Å². The molecule has 3 aromatic rings. The number of pyridine rings is 1. The lowest BCUT2D eigenvalue weighted by Crippen LogP contribution is -2.14. The molecule has 0 fully saturated rings. The van der Waals surface area contributed by atoms with Gasteiger partial charge < -0.3 is 20.6 Å². The Morgan fingerprint density at radius 1 is 1.17 bits per heavy atom. The van der Waals surface area contributed by atoms with E-state index in [4.69, 9.17) is 27.2 Å². The molecule has 154 valence electrons. The highest BCUT2D eigenvalue weighted by Gasteiger charge is 2.16. The topological polar surface area (TPSA) is 122 Å². The summed E-state index contributed by atoms with van der Waals surface area (Å²) in [5.41, 5.74) is 6.11. The average molecular weight is 419 g/mol. The molecule has 3 rings (SSSR count). The van der Waals surface area contributed by atoms with Crippen LogP contribution in [0.2, 0.25) is 5.02 Å². The third kappa shape index (κ3) is 5.06. The number of carboxylic acid groups (broad SMARTS) is 1. The van der Waals surface area contributed by atoms with E-state index in [1.54, 1.807) is 18.2 Å². The van der Waals surface area contributed by atoms with Crippen molar-refractivity contribution in [1.29, 1.82) is 0 Å². The summed E-state index contributed by atoms with van der Waals surface area (Å²) in [4.78, 5) is 37.1. The van der Waals surface area contributed by atoms with Crippen LogP contribution in [0, 0.1) is 0 Å². The van der Waals surface area contributed by atoms with E-state index in [0.29, 0.717) is 28.6 Å². The Labute approximate surface area is 172 Å². The van der Waals surface area contributed by atoms with Gasteiger partial charge in [-0.2, -0.15) is 0 Å². The largest absolute Gasteiger partial charge is 0.495 e. The number of unbranched alkanes of at least 4 members (excludes halogenated alkanes) is 2. The van der Waals surface area contributed by atoms with Gasteiger partial charge in [0.05, 0.1) is 34.1 Å². The third-order valence-corrected chi connectivity index (χ3v) is 4.70. The predicted octanol–water partition coefficient (Wildman–Crippen LogP) is 4.09. The second-order valence-electron chi connectivity index (χ2n) is 6.40. The number of primary amides is 1. The van der Waals surface area contributed by atoms with Crippen LogP contribution in [0.1, 0.15) is 43.0 Å². The van der Waals surface area contributed by atoms with E-state index >= 15 is 0 Å². The molecule has 1 heterocycles. The van der Waals surface area contributed by atoms with Crippen LogP contribution in [0.5, 0.6) is 5.75 Å². The number of carboxylic acids is 1. The number of nitrogens with one attached hydrogen (secondary N) is 1. The fourth-order valence-corrected chi connectivity index (χ4v) is 3.18. The van der Waals surface area contributed by atoms with Crippen molar-refractivity contribution in [3.8, 4) is 5.75 Å². The number of hydrogen-bond acceptors (Lipinski definition) is 4. The lowest BCUT2D eigenvalue weighted by atomic mass is 10.1. The quantitative estimate of drug-likeness (QED) is 0.411. The van der Waals surface area contributed by atoms with Gasteiger partial charge in [0.2, 0.25) is 0 Å². The van der Waals surface area contributed by atoms with Crippen molar-refractivity contribution in [2.24, 2.45) is 5.73 Å². The van der Waals surface area contributed by atoms with Gasteiger partial charge in [0, 0.05) is 11.8 Å². The summed E-state index contributed by atoms with van der Waals surface area (Å²) in [7, 11) is 1.50. The van der Waals surface area contributed by atoms with Crippen molar-refractivity contribution in [1.82, 2.24) is 4.98 Å². The molecule has 7 nitrogen and oxygen atoms in total. The monoisotopic (exact) mass is 418 g/mol. The maximum Gasteiger partial charge on any atom is 0.303 e. The van der Waals surface area contributed by atoms with Gasteiger partial charge in [-0.1, -0.05) is 37.4 Å². The Morgan fingerprint density at radius 2 is 1.90 bits per heavy atom. The van der Waals surface area contributed by atoms with Gasteiger partial charge in [0.1, 0.15) is 5.75 Å². The zero-order valence-corrected chi connectivity index (χ0v) is 17.0. The Kier molecular flexibility index (Phi) is 7.61. The van der Waals surface area contributed by atoms with Crippen LogP contribution in [-0.2, 0) is 4.79 Å². The molecule has 29 heavy (non-hydrogen) atoms. The lowest BCUT2D eigenvalue weighted by molar-refractivity contribution is -0.137. The molecule has 0 saturated carbocycles. The van der Waals surface area contributed by atoms with Crippen LogP contribution in [-0.4, -0.2) is 29.1 Å². The first-order chi connectivity index (χ1) is 13.8. The summed E-state index contributed by atoms with van der Waals surface area (Å²) in [6.07, 6.45) is 3.28. The smallest absolute Gasteiger partial charge is 0.303 e. The molecule has 0 radical (unpaired) electrons. The molecule has 0 unspecified atom stereocenters. The van der Waals surface area contributed by atoms with Crippen molar-refractivity contribution in [2.45, 2.75) is 32.6 Å². The standard InChI is InChI=1S/C15H11ClN2O3.C6H12O2/c1-21-10-4-2-3-7-12(10)18-13-8(15(17)20)5-6-9(16)11(13)14(7)19;1-2-3-4-5-6(7)8/h2-6H,1H3,(H2,17,20)(H,18,19);2-5H2,1H3,(H,7,8). The molecule has 4 N–H and O–H groups in total. The van der Waals surface area contributed by atoms with Gasteiger partial charge in [-0.3, -0.25) is 14.4 Å². The second-order valence-corrected chi connectivity index (χ2v) is 6.80. The van der Waals surface area contributed by atoms with Gasteiger partial charge in [-0.05, 0) is 30.7 Å². The van der Waals surface area contributed by atoms with Crippen molar-refractivity contribution in [2.75, 3.05) is 7.11 Å². The average Bonchev–Trinajstić information content (AvgIpc) is 2.68. The molecule has 0 aliphatic heterocycles. The van der Waals surface area contributed by atoms with E-state index in [9.17, 15) is 14.4 Å². The number of rotatable bonds is 6. The molecule has 0 atom stereocenters. The highest BCUT2D eigenvalue weighted by molar-refractivity contribution is 6.36. The Hall–Kier alpha value is -3.06. The predicted molar refractivity (Wildman–Crippen MR) is 114 cm³/mol. The maximum absolute atomic E-state index is 12.6. The first-order valence-electron chi connectivity index (χ1n) is 9.14. The van der Waals surface area contributed by atoms with Gasteiger partial charge in [0.15, 0.2) is 5.43 Å². The number of H-pyrrole nitrogens is 1. The molecule has 8 heteroatoms. The summed E-state index contributed by atoms with van der Waals surface area (Å²) in [6, 6.07) is 8.09. The van der Waals surface area contributed by atoms with Crippen molar-refractivity contribution in [3.63, 3.8) is 0 Å². The van der Waals surface area contributed by atoms with Crippen LogP contribution in [0.3, 0.4) is 0 Å². The zero-order chi connectivity index (χ0) is 21.6. The SMILES string of the molecule is CCCCCC(=O)O.COc1cccc2c(=O)c3c(Cl)ccc(C(N)=O)c3[nH]c12. The highest BCUT2D eigenvalue weighted by Crippen LogP contribution is 2.28. The van der Waals surface area contributed by atoms with E-state index < -0.39 is 11.9 Å². The third-order valence-electron chi connectivity index (χ3n) is 4.38. The Balaban J connectivity index is 0.000000321. The Morgan fingerprint density at radius 3 is 2.48 bits per heavy atom. The van der Waals surface area contributed by atoms with Crippen LogP contribution >= 0.6 is 11.6 Å². The number of hydrogen-bond donors (Lipinski definition) is 3. The number of amides is 1. The number of benzene rings is 2. The molecule has 1 amide bonds. The molecular formula is C21H23ClN2O5. The minimum Gasteiger partial charge on any atom is -0.495 e. The van der Waals surface area contributed by atoms with E-state index in [-0.39, 0.29) is 21.4 Å². The van der Waals surface area contributed by atoms with Crippen molar-refractivity contribution in [3.05, 3.63) is 51.1 Å². The van der Waals surface area contributed by atoms with Gasteiger partial charge in [0.25, 0.3) is 5.91 Å². The highest BCUT2D eigenvalue weighted by atomic mass is 35.5. The molecule has 0 spiro atoms. The number of para-hydroxylation sites is 1. The van der Waals surface area contributed by atoms with E-state index in [2.05, 4.69) is 11.9 Å². The lowest BCUT2D eigenvalue weighted by Gasteiger charge is -2.10. The zero-order valence-electron chi connectivity index (χ0n) is 16.3. The molecule has 2 aromatic carbocycles. The summed E-state index contributed by atoms with van der Waals surface area (Å²) >= 11 is 6.11. The number of aromatic amines is 1. The fourth-order valence-electron chi connectivity index (χ4n) is 2.94. The molecule has 1 aromatic heterocycles. The molecule has 0 bridgehead atoms. The van der Waals surface area contributed by atoms with Gasteiger partial charge >= 0.3 is 5.97 Å². The summed E-state index contributed by atoms with van der Waals surface area (Å²) in [5.74, 6) is -0.818. The van der Waals surface area contributed by atoms with Crippen LogP contribution in [0.25, 0.3) is 21.8 Å². The van der Waals surface area contributed by atoms with E-state index in [1.807, 2.05) is 0 Å². The number of ether oxygens (including phenoxy) is 1. The molecule has 0 aliphatic carbocycles. The van der Waals surface area contributed by atoms with Crippen LogP contribution in [0.15, 0.2) is 35.1 Å². The van der Waals surface area contributed by atoms with Crippen LogP contribution in [0.4, 0.5) is 0 Å². The maximum atomic E-state index is 12.6. The number of fused-ring (bicyclic) bond motifs is 2. The molecule has 0 aliphatic rings. The molecular weight excluding hydrogens is 396 g/mol. The number of aliphatic carboxylic acids is 1. The number of halogens is 1. The summed E-state index contributed by atoms with van der Waals surface area (Å²) in [5, 5.41) is 9.08.